The van der Waals surface area contributed by atoms with Gasteiger partial charge in [-0.15, -0.1) is 0 Å². The number of carbonyl (C=O) groups excluding carboxylic acids is 1. The molecule has 0 saturated heterocycles. The number of alkyl halides is 1. The van der Waals surface area contributed by atoms with Gasteiger partial charge in [-0.05, 0) is 19.1 Å². The van der Waals surface area contributed by atoms with Gasteiger partial charge in [0.2, 0.25) is 0 Å². The van der Waals surface area contributed by atoms with Crippen LogP contribution in [-0.2, 0) is 0 Å². The molecule has 0 N–H and O–H groups in total. The highest BCUT2D eigenvalue weighted by Crippen LogP contribution is 2.08. The Kier molecular flexibility index (Phi) is 3.54. The molecule has 1 unspecified atom stereocenters. The Labute approximate surface area is 85.8 Å². The van der Waals surface area contributed by atoms with E-state index in [9.17, 15) is 4.79 Å². The van der Waals surface area contributed by atoms with E-state index in [0.717, 1.165) is 5.33 Å². The zero-order chi connectivity index (χ0) is 9.84. The Morgan fingerprint density at radius 3 is 2.92 bits per heavy atom. The fraction of sp³-hybridized carbons (Fsp3) is 0.444. The van der Waals surface area contributed by atoms with Crippen LogP contribution in [0, 0.1) is 0 Å². The molecule has 0 fully saturated rings. The normalized spacial score (nSPS) is 12.5. The van der Waals surface area contributed by atoms with Crippen LogP contribution in [0.1, 0.15) is 17.5 Å². The predicted molar refractivity (Wildman–Crippen MR) is 54.1 cm³/mol. The molecule has 1 amide bonds. The summed E-state index contributed by atoms with van der Waals surface area (Å²) in [7, 11) is 1.76. The van der Waals surface area contributed by atoms with Crippen LogP contribution in [0.5, 0.6) is 0 Å². The van der Waals surface area contributed by atoms with Crippen LogP contribution in [-0.4, -0.2) is 29.2 Å². The second-order valence-electron chi connectivity index (χ2n) is 2.90. The number of rotatable bonds is 3. The molecule has 13 heavy (non-hydrogen) atoms. The summed E-state index contributed by atoms with van der Waals surface area (Å²) in [6.45, 7) is 1.97. The third-order valence-corrected chi connectivity index (χ3v) is 2.87. The van der Waals surface area contributed by atoms with Crippen molar-refractivity contribution in [1.82, 2.24) is 4.90 Å². The minimum Gasteiger partial charge on any atom is -0.459 e. The van der Waals surface area contributed by atoms with Crippen molar-refractivity contribution < 1.29 is 9.21 Å². The van der Waals surface area contributed by atoms with Gasteiger partial charge in [0, 0.05) is 18.4 Å². The first-order valence-corrected chi connectivity index (χ1v) is 5.15. The molecule has 0 radical (unpaired) electrons. The number of hydrogen-bond acceptors (Lipinski definition) is 2. The summed E-state index contributed by atoms with van der Waals surface area (Å²) in [5.41, 5.74) is 0. The van der Waals surface area contributed by atoms with Gasteiger partial charge < -0.3 is 9.32 Å². The second kappa shape index (κ2) is 4.46. The Balaban J connectivity index is 2.68. The summed E-state index contributed by atoms with van der Waals surface area (Å²) in [6.07, 6.45) is 1.50. The van der Waals surface area contributed by atoms with Gasteiger partial charge in [0.25, 0.3) is 5.91 Å². The molecule has 1 aromatic heterocycles. The molecule has 1 rings (SSSR count). The SMILES string of the molecule is CC(CBr)N(C)C(=O)c1ccco1. The first-order valence-electron chi connectivity index (χ1n) is 4.03. The van der Waals surface area contributed by atoms with Gasteiger partial charge in [-0.1, -0.05) is 15.9 Å². The summed E-state index contributed by atoms with van der Waals surface area (Å²) in [6, 6.07) is 3.54. The molecule has 0 aliphatic heterocycles. The lowest BCUT2D eigenvalue weighted by atomic mass is 10.3. The molecule has 0 aliphatic carbocycles. The molecule has 0 aromatic carbocycles. The van der Waals surface area contributed by atoms with Crippen molar-refractivity contribution in [2.75, 3.05) is 12.4 Å². The van der Waals surface area contributed by atoms with E-state index in [0.29, 0.717) is 5.76 Å². The van der Waals surface area contributed by atoms with Crippen molar-refractivity contribution in [3.05, 3.63) is 24.2 Å². The Bertz CT molecular complexity index is 271. The Hall–Kier alpha value is -0.770. The number of halogens is 1. The highest BCUT2D eigenvalue weighted by Gasteiger charge is 2.18. The van der Waals surface area contributed by atoms with Crippen LogP contribution in [0.25, 0.3) is 0 Å². The molecule has 1 heterocycles. The first kappa shape index (κ1) is 10.3. The summed E-state index contributed by atoms with van der Waals surface area (Å²) >= 11 is 3.32. The monoisotopic (exact) mass is 245 g/mol. The minimum atomic E-state index is -0.0862. The zero-order valence-corrected chi connectivity index (χ0v) is 9.24. The minimum absolute atomic E-state index is 0.0862. The lowest BCUT2D eigenvalue weighted by Crippen LogP contribution is -2.35. The fourth-order valence-corrected chi connectivity index (χ4v) is 1.31. The van der Waals surface area contributed by atoms with Gasteiger partial charge in [-0.2, -0.15) is 0 Å². The van der Waals surface area contributed by atoms with Crippen molar-refractivity contribution in [2.24, 2.45) is 0 Å². The molecule has 0 bridgehead atoms. The third-order valence-electron chi connectivity index (χ3n) is 1.94. The van der Waals surface area contributed by atoms with Crippen molar-refractivity contribution in [1.29, 1.82) is 0 Å². The van der Waals surface area contributed by atoms with Gasteiger partial charge in [-0.3, -0.25) is 4.79 Å². The highest BCUT2D eigenvalue weighted by molar-refractivity contribution is 9.09. The van der Waals surface area contributed by atoms with E-state index in [4.69, 9.17) is 4.42 Å². The average molecular weight is 246 g/mol. The Morgan fingerprint density at radius 2 is 2.46 bits per heavy atom. The summed E-state index contributed by atoms with van der Waals surface area (Å²) in [5.74, 6) is 0.298. The third kappa shape index (κ3) is 2.34. The molecule has 1 aromatic rings. The summed E-state index contributed by atoms with van der Waals surface area (Å²) in [5, 5.41) is 0.760. The average Bonchev–Trinajstić information content (AvgIpc) is 2.67. The smallest absolute Gasteiger partial charge is 0.289 e. The quantitative estimate of drug-likeness (QED) is 0.765. The maximum atomic E-state index is 11.6. The van der Waals surface area contributed by atoms with Crippen molar-refractivity contribution >= 4 is 21.8 Å². The summed E-state index contributed by atoms with van der Waals surface area (Å²) in [4.78, 5) is 13.3. The van der Waals surface area contributed by atoms with Crippen LogP contribution < -0.4 is 0 Å². The maximum Gasteiger partial charge on any atom is 0.289 e. The van der Waals surface area contributed by atoms with E-state index in [-0.39, 0.29) is 11.9 Å². The fourth-order valence-electron chi connectivity index (χ4n) is 0.878. The van der Waals surface area contributed by atoms with E-state index in [1.807, 2.05) is 6.92 Å². The molecule has 1 atom stereocenters. The summed E-state index contributed by atoms with van der Waals surface area (Å²) < 4.78 is 5.00. The van der Waals surface area contributed by atoms with E-state index in [1.165, 1.54) is 6.26 Å². The van der Waals surface area contributed by atoms with Crippen LogP contribution in [0.4, 0.5) is 0 Å². The number of furan rings is 1. The lowest BCUT2D eigenvalue weighted by molar-refractivity contribution is 0.0726. The van der Waals surface area contributed by atoms with Gasteiger partial charge >= 0.3 is 0 Å². The second-order valence-corrected chi connectivity index (χ2v) is 3.54. The van der Waals surface area contributed by atoms with Crippen molar-refractivity contribution in [3.63, 3.8) is 0 Å². The van der Waals surface area contributed by atoms with Crippen molar-refractivity contribution in [3.8, 4) is 0 Å². The van der Waals surface area contributed by atoms with Crippen LogP contribution >= 0.6 is 15.9 Å². The number of nitrogens with zero attached hydrogens (tertiary/aromatic N) is 1. The maximum absolute atomic E-state index is 11.6. The molecule has 0 spiro atoms. The number of carbonyl (C=O) groups is 1. The molecule has 0 saturated carbocycles. The molecule has 4 heteroatoms. The molecule has 72 valence electrons. The van der Waals surface area contributed by atoms with Gasteiger partial charge in [-0.25, -0.2) is 0 Å². The van der Waals surface area contributed by atoms with Gasteiger partial charge in [0.1, 0.15) is 0 Å². The van der Waals surface area contributed by atoms with Crippen LogP contribution in [0.3, 0.4) is 0 Å². The standard InChI is InChI=1S/C9H12BrNO2/c1-7(6-10)11(2)9(12)8-4-3-5-13-8/h3-5,7H,6H2,1-2H3. The van der Waals surface area contributed by atoms with Gasteiger partial charge in [0.05, 0.1) is 6.26 Å². The van der Waals surface area contributed by atoms with E-state index >= 15 is 0 Å². The molecule has 3 nitrogen and oxygen atoms in total. The highest BCUT2D eigenvalue weighted by atomic mass is 79.9. The largest absolute Gasteiger partial charge is 0.459 e. The molecular formula is C9H12BrNO2. The number of hydrogen-bond donors (Lipinski definition) is 0. The predicted octanol–water partition coefficient (Wildman–Crippen LogP) is 2.13. The van der Waals surface area contributed by atoms with E-state index in [2.05, 4.69) is 15.9 Å². The number of amides is 1. The Morgan fingerprint density at radius 1 is 1.77 bits per heavy atom. The van der Waals surface area contributed by atoms with Crippen LogP contribution in [0.15, 0.2) is 22.8 Å². The zero-order valence-electron chi connectivity index (χ0n) is 7.66. The van der Waals surface area contributed by atoms with Crippen molar-refractivity contribution in [2.45, 2.75) is 13.0 Å². The molecule has 0 aliphatic rings. The first-order chi connectivity index (χ1) is 6.16. The van der Waals surface area contributed by atoms with E-state index < -0.39 is 0 Å². The molecular weight excluding hydrogens is 234 g/mol. The topological polar surface area (TPSA) is 33.5 Å². The van der Waals surface area contributed by atoms with Gasteiger partial charge in [0.15, 0.2) is 5.76 Å². The van der Waals surface area contributed by atoms with Crippen LogP contribution in [0.2, 0.25) is 0 Å². The van der Waals surface area contributed by atoms with E-state index in [1.54, 1.807) is 24.1 Å². The lowest BCUT2D eigenvalue weighted by Gasteiger charge is -2.21.